The summed E-state index contributed by atoms with van der Waals surface area (Å²) in [4.78, 5) is 16.3. The van der Waals surface area contributed by atoms with Crippen LogP contribution in [0.25, 0.3) is 5.70 Å². The molecule has 0 atom stereocenters. The van der Waals surface area contributed by atoms with Gasteiger partial charge in [0.25, 0.3) is 0 Å². The number of allylic oxidation sites excluding steroid dienone is 2. The quantitative estimate of drug-likeness (QED) is 0.759. The van der Waals surface area contributed by atoms with Crippen LogP contribution in [0.2, 0.25) is 0 Å². The van der Waals surface area contributed by atoms with Crippen LogP contribution in [0, 0.1) is 12.7 Å². The Labute approximate surface area is 153 Å². The van der Waals surface area contributed by atoms with Crippen LogP contribution < -0.4 is 10.6 Å². The molecule has 4 nitrogen and oxygen atoms in total. The SMILES string of the molecule is C=C(NC1=C(C)C(=O)NCC1)C(/C=C\C)=NC(=C)c1cc(C)cc(F)c1. The molecular formula is C21H24FN3O. The van der Waals surface area contributed by atoms with E-state index in [1.54, 1.807) is 13.0 Å². The summed E-state index contributed by atoms with van der Waals surface area (Å²) in [5.41, 5.74) is 4.45. The summed E-state index contributed by atoms with van der Waals surface area (Å²) < 4.78 is 13.6. The Morgan fingerprint density at radius 2 is 2.04 bits per heavy atom. The normalized spacial score (nSPS) is 15.2. The van der Waals surface area contributed by atoms with E-state index < -0.39 is 0 Å². The summed E-state index contributed by atoms with van der Waals surface area (Å²) in [6, 6.07) is 4.69. The molecule has 2 N–H and O–H groups in total. The van der Waals surface area contributed by atoms with Crippen LogP contribution in [0.4, 0.5) is 4.39 Å². The van der Waals surface area contributed by atoms with Crippen molar-refractivity contribution in [3.63, 3.8) is 0 Å². The molecule has 1 aliphatic heterocycles. The Morgan fingerprint density at radius 1 is 1.31 bits per heavy atom. The second-order valence-corrected chi connectivity index (χ2v) is 6.17. The van der Waals surface area contributed by atoms with Crippen molar-refractivity contribution in [1.29, 1.82) is 0 Å². The van der Waals surface area contributed by atoms with E-state index in [-0.39, 0.29) is 11.7 Å². The maximum absolute atomic E-state index is 13.6. The molecular weight excluding hydrogens is 329 g/mol. The van der Waals surface area contributed by atoms with Gasteiger partial charge in [0.15, 0.2) is 0 Å². The highest BCUT2D eigenvalue weighted by Crippen LogP contribution is 2.19. The van der Waals surface area contributed by atoms with Crippen LogP contribution in [0.1, 0.15) is 31.4 Å². The number of amides is 1. The molecule has 5 heteroatoms. The van der Waals surface area contributed by atoms with Gasteiger partial charge in [-0.3, -0.25) is 4.79 Å². The van der Waals surface area contributed by atoms with Crippen molar-refractivity contribution in [2.24, 2.45) is 4.99 Å². The Morgan fingerprint density at radius 3 is 2.69 bits per heavy atom. The van der Waals surface area contributed by atoms with Gasteiger partial charge >= 0.3 is 0 Å². The summed E-state index contributed by atoms with van der Waals surface area (Å²) in [5.74, 6) is -0.411. The number of halogens is 1. The van der Waals surface area contributed by atoms with E-state index in [0.717, 1.165) is 11.3 Å². The van der Waals surface area contributed by atoms with E-state index in [0.29, 0.717) is 41.2 Å². The smallest absolute Gasteiger partial charge is 0.248 e. The average molecular weight is 353 g/mol. The highest BCUT2D eigenvalue weighted by Gasteiger charge is 2.17. The van der Waals surface area contributed by atoms with Gasteiger partial charge in [0.2, 0.25) is 5.91 Å². The Kier molecular flexibility index (Phi) is 6.28. The molecule has 0 aliphatic carbocycles. The van der Waals surface area contributed by atoms with Crippen LogP contribution in [0.15, 0.2) is 65.5 Å². The van der Waals surface area contributed by atoms with Crippen molar-refractivity contribution >= 4 is 17.3 Å². The van der Waals surface area contributed by atoms with Gasteiger partial charge in [-0.15, -0.1) is 0 Å². The zero-order chi connectivity index (χ0) is 19.3. The van der Waals surface area contributed by atoms with E-state index in [1.165, 1.54) is 12.1 Å². The van der Waals surface area contributed by atoms with E-state index in [1.807, 2.05) is 26.0 Å². The lowest BCUT2D eigenvalue weighted by atomic mass is 10.1. The fraction of sp³-hybridized carbons (Fsp3) is 0.238. The van der Waals surface area contributed by atoms with E-state index in [2.05, 4.69) is 28.8 Å². The summed E-state index contributed by atoms with van der Waals surface area (Å²) in [7, 11) is 0. The molecule has 1 amide bonds. The number of aliphatic imine (C=N–C) groups is 1. The van der Waals surface area contributed by atoms with Gasteiger partial charge in [0, 0.05) is 29.8 Å². The van der Waals surface area contributed by atoms with Gasteiger partial charge in [0.1, 0.15) is 5.82 Å². The molecule has 0 radical (unpaired) electrons. The predicted molar refractivity (Wildman–Crippen MR) is 105 cm³/mol. The van der Waals surface area contributed by atoms with Gasteiger partial charge in [-0.1, -0.05) is 19.2 Å². The molecule has 2 rings (SSSR count). The number of carbonyl (C=O) groups excluding carboxylic acids is 1. The van der Waals surface area contributed by atoms with E-state index in [9.17, 15) is 9.18 Å². The number of nitrogens with one attached hydrogen (secondary N) is 2. The number of hydrogen-bond acceptors (Lipinski definition) is 3. The fourth-order valence-electron chi connectivity index (χ4n) is 2.64. The van der Waals surface area contributed by atoms with Gasteiger partial charge in [0.05, 0.1) is 17.1 Å². The minimum Gasteiger partial charge on any atom is -0.357 e. The molecule has 1 aliphatic rings. The number of carbonyl (C=O) groups is 1. The highest BCUT2D eigenvalue weighted by molar-refractivity contribution is 6.10. The maximum atomic E-state index is 13.6. The van der Waals surface area contributed by atoms with Crippen molar-refractivity contribution in [3.8, 4) is 0 Å². The molecule has 26 heavy (non-hydrogen) atoms. The standard InChI is InChI=1S/C21H24FN3O/c1-6-7-20(16(5)25-19-8-9-23-21(26)14(19)3)24-15(4)17-10-13(2)11-18(22)12-17/h6-7,10-12,25H,4-5,8-9H2,1-3H3,(H,23,26)/b7-6-,24-20?. The van der Waals surface area contributed by atoms with E-state index in [4.69, 9.17) is 0 Å². The van der Waals surface area contributed by atoms with Crippen LogP contribution in [0.3, 0.4) is 0 Å². The first-order chi connectivity index (χ1) is 12.3. The lowest BCUT2D eigenvalue weighted by Crippen LogP contribution is -2.35. The number of nitrogens with zero attached hydrogens (tertiary/aromatic N) is 1. The predicted octanol–water partition coefficient (Wildman–Crippen LogP) is 4.02. The largest absolute Gasteiger partial charge is 0.357 e. The minimum atomic E-state index is -0.324. The van der Waals surface area contributed by atoms with Crippen LogP contribution >= 0.6 is 0 Å². The molecule has 0 saturated carbocycles. The first-order valence-electron chi connectivity index (χ1n) is 8.44. The van der Waals surface area contributed by atoms with Crippen LogP contribution in [0.5, 0.6) is 0 Å². The summed E-state index contributed by atoms with van der Waals surface area (Å²) >= 11 is 0. The van der Waals surface area contributed by atoms with Gasteiger partial charge < -0.3 is 10.6 Å². The highest BCUT2D eigenvalue weighted by atomic mass is 19.1. The fourth-order valence-corrected chi connectivity index (χ4v) is 2.64. The lowest BCUT2D eigenvalue weighted by Gasteiger charge is -2.21. The second-order valence-electron chi connectivity index (χ2n) is 6.17. The molecule has 0 fully saturated rings. The molecule has 1 aromatic rings. The maximum Gasteiger partial charge on any atom is 0.248 e. The van der Waals surface area contributed by atoms with Crippen molar-refractivity contribution in [2.75, 3.05) is 6.54 Å². The minimum absolute atomic E-state index is 0.0873. The van der Waals surface area contributed by atoms with Crippen molar-refractivity contribution in [1.82, 2.24) is 10.6 Å². The first kappa shape index (κ1) is 19.4. The molecule has 0 bridgehead atoms. The van der Waals surface area contributed by atoms with Crippen LogP contribution in [-0.4, -0.2) is 18.2 Å². The second kappa shape index (κ2) is 8.43. The van der Waals surface area contributed by atoms with Crippen molar-refractivity contribution in [3.05, 3.63) is 77.4 Å². The average Bonchev–Trinajstić information content (AvgIpc) is 2.57. The van der Waals surface area contributed by atoms with Crippen LogP contribution in [-0.2, 0) is 4.79 Å². The summed E-state index contributed by atoms with van der Waals surface area (Å²) in [5, 5.41) is 5.98. The van der Waals surface area contributed by atoms with Gasteiger partial charge in [-0.2, -0.15) is 0 Å². The Balaban J connectivity index is 2.28. The van der Waals surface area contributed by atoms with E-state index >= 15 is 0 Å². The molecule has 1 heterocycles. The third-order valence-electron chi connectivity index (χ3n) is 4.02. The Bertz CT molecular complexity index is 827. The van der Waals surface area contributed by atoms with Crippen molar-refractivity contribution in [2.45, 2.75) is 27.2 Å². The number of hydrogen-bond donors (Lipinski definition) is 2. The molecule has 0 spiro atoms. The zero-order valence-electron chi connectivity index (χ0n) is 15.4. The molecule has 136 valence electrons. The van der Waals surface area contributed by atoms with Gasteiger partial charge in [-0.05, 0) is 50.6 Å². The molecule has 0 unspecified atom stereocenters. The first-order valence-corrected chi connectivity index (χ1v) is 8.44. The topological polar surface area (TPSA) is 53.5 Å². The third kappa shape index (κ3) is 4.79. The number of aryl methyl sites for hydroxylation is 1. The monoisotopic (exact) mass is 353 g/mol. The number of rotatable bonds is 6. The lowest BCUT2D eigenvalue weighted by molar-refractivity contribution is -0.117. The summed E-state index contributed by atoms with van der Waals surface area (Å²) in [6.45, 7) is 14.0. The molecule has 0 aromatic heterocycles. The van der Waals surface area contributed by atoms with Crippen molar-refractivity contribution < 1.29 is 9.18 Å². The zero-order valence-corrected chi connectivity index (χ0v) is 15.4. The summed E-state index contributed by atoms with van der Waals surface area (Å²) in [6.07, 6.45) is 4.33. The Hall–Kier alpha value is -2.95. The molecule has 0 saturated heterocycles. The molecule has 1 aromatic carbocycles. The third-order valence-corrected chi connectivity index (χ3v) is 4.02. The number of benzene rings is 1. The van der Waals surface area contributed by atoms with Gasteiger partial charge in [-0.25, -0.2) is 9.38 Å².